The number of anilines is 2. The Morgan fingerprint density at radius 1 is 1.16 bits per heavy atom. The van der Waals surface area contributed by atoms with Gasteiger partial charge in [0.05, 0.1) is 5.56 Å². The van der Waals surface area contributed by atoms with Gasteiger partial charge in [0.2, 0.25) is 0 Å². The minimum Gasteiger partial charge on any atom is -0.398 e. The van der Waals surface area contributed by atoms with Crippen LogP contribution in [0.1, 0.15) is 21.5 Å². The summed E-state index contributed by atoms with van der Waals surface area (Å²) in [6, 6.07) is 9.46. The van der Waals surface area contributed by atoms with E-state index in [2.05, 4.69) is 5.32 Å². The van der Waals surface area contributed by atoms with Gasteiger partial charge >= 0.3 is 0 Å². The zero-order valence-electron chi connectivity index (χ0n) is 10.8. The average molecular weight is 258 g/mol. The van der Waals surface area contributed by atoms with Gasteiger partial charge in [-0.25, -0.2) is 4.39 Å². The summed E-state index contributed by atoms with van der Waals surface area (Å²) in [5, 5.41) is 2.78. The maximum Gasteiger partial charge on any atom is 0.257 e. The van der Waals surface area contributed by atoms with Crippen molar-refractivity contribution in [3.63, 3.8) is 0 Å². The van der Waals surface area contributed by atoms with Crippen LogP contribution in [0, 0.1) is 19.7 Å². The van der Waals surface area contributed by atoms with E-state index in [1.807, 2.05) is 32.0 Å². The van der Waals surface area contributed by atoms with Gasteiger partial charge in [0.15, 0.2) is 0 Å². The molecule has 0 fully saturated rings. The molecule has 0 aliphatic rings. The molecular weight excluding hydrogens is 243 g/mol. The van der Waals surface area contributed by atoms with Gasteiger partial charge in [0.25, 0.3) is 5.91 Å². The topological polar surface area (TPSA) is 55.1 Å². The highest BCUT2D eigenvalue weighted by Crippen LogP contribution is 2.22. The number of nitrogen functional groups attached to an aromatic ring is 1. The van der Waals surface area contributed by atoms with E-state index >= 15 is 0 Å². The molecule has 3 N–H and O–H groups in total. The Bertz CT molecular complexity index is 618. The first-order valence-corrected chi connectivity index (χ1v) is 5.91. The molecule has 2 aromatic carbocycles. The fourth-order valence-electron chi connectivity index (χ4n) is 1.92. The number of carbonyl (C=O) groups is 1. The second kappa shape index (κ2) is 5.10. The molecule has 3 nitrogen and oxygen atoms in total. The Hall–Kier alpha value is -2.36. The SMILES string of the molecule is Cc1cccc(C)c1NC(=O)c1cc(F)ccc1N. The van der Waals surface area contributed by atoms with Crippen molar-refractivity contribution in [2.75, 3.05) is 11.1 Å². The average Bonchev–Trinajstić information content (AvgIpc) is 2.37. The highest BCUT2D eigenvalue weighted by Gasteiger charge is 2.13. The third kappa shape index (κ3) is 2.73. The number of hydrogen-bond donors (Lipinski definition) is 2. The summed E-state index contributed by atoms with van der Waals surface area (Å²) >= 11 is 0. The standard InChI is InChI=1S/C15H15FN2O/c1-9-4-3-5-10(2)14(9)18-15(19)12-8-11(16)6-7-13(12)17/h3-8H,17H2,1-2H3,(H,18,19). The van der Waals surface area contributed by atoms with E-state index in [0.717, 1.165) is 22.9 Å². The van der Waals surface area contributed by atoms with Gasteiger partial charge in [-0.1, -0.05) is 18.2 Å². The van der Waals surface area contributed by atoms with Crippen molar-refractivity contribution in [2.24, 2.45) is 0 Å². The minimum atomic E-state index is -0.485. The Kier molecular flexibility index (Phi) is 3.51. The molecule has 0 saturated carbocycles. The summed E-state index contributed by atoms with van der Waals surface area (Å²) < 4.78 is 13.2. The lowest BCUT2D eigenvalue weighted by atomic mass is 10.1. The molecule has 0 aliphatic carbocycles. The molecular formula is C15H15FN2O. The van der Waals surface area contributed by atoms with Crippen LogP contribution in [0.3, 0.4) is 0 Å². The summed E-state index contributed by atoms with van der Waals surface area (Å²) in [7, 11) is 0. The monoisotopic (exact) mass is 258 g/mol. The fraction of sp³-hybridized carbons (Fsp3) is 0.133. The molecule has 0 atom stereocenters. The molecule has 2 rings (SSSR count). The van der Waals surface area contributed by atoms with Crippen molar-refractivity contribution in [2.45, 2.75) is 13.8 Å². The van der Waals surface area contributed by atoms with E-state index in [9.17, 15) is 9.18 Å². The van der Waals surface area contributed by atoms with E-state index in [4.69, 9.17) is 5.73 Å². The van der Waals surface area contributed by atoms with Gasteiger partial charge in [-0.15, -0.1) is 0 Å². The van der Waals surface area contributed by atoms with E-state index in [0.29, 0.717) is 0 Å². The summed E-state index contributed by atoms with van der Waals surface area (Å²) in [6.45, 7) is 3.80. The lowest BCUT2D eigenvalue weighted by molar-refractivity contribution is 0.102. The van der Waals surface area contributed by atoms with Gasteiger partial charge in [-0.2, -0.15) is 0 Å². The van der Waals surface area contributed by atoms with E-state index in [1.54, 1.807) is 0 Å². The van der Waals surface area contributed by atoms with Crippen LogP contribution in [0.4, 0.5) is 15.8 Å². The van der Waals surface area contributed by atoms with Gasteiger partial charge < -0.3 is 11.1 Å². The van der Waals surface area contributed by atoms with Gasteiger partial charge in [0.1, 0.15) is 5.82 Å². The quantitative estimate of drug-likeness (QED) is 0.812. The van der Waals surface area contributed by atoms with Crippen molar-refractivity contribution in [3.05, 3.63) is 58.9 Å². The van der Waals surface area contributed by atoms with Crippen molar-refractivity contribution in [1.29, 1.82) is 0 Å². The number of amides is 1. The maximum atomic E-state index is 13.2. The maximum absolute atomic E-state index is 13.2. The zero-order valence-corrected chi connectivity index (χ0v) is 10.8. The normalized spacial score (nSPS) is 10.3. The van der Waals surface area contributed by atoms with Crippen LogP contribution in [0.15, 0.2) is 36.4 Å². The lowest BCUT2D eigenvalue weighted by Crippen LogP contribution is -2.15. The van der Waals surface area contributed by atoms with Crippen molar-refractivity contribution >= 4 is 17.3 Å². The van der Waals surface area contributed by atoms with Crippen molar-refractivity contribution < 1.29 is 9.18 Å². The fourth-order valence-corrected chi connectivity index (χ4v) is 1.92. The summed E-state index contributed by atoms with van der Waals surface area (Å²) in [5.74, 6) is -0.893. The van der Waals surface area contributed by atoms with Gasteiger partial charge in [-0.3, -0.25) is 4.79 Å². The van der Waals surface area contributed by atoms with Crippen molar-refractivity contribution in [3.8, 4) is 0 Å². The van der Waals surface area contributed by atoms with E-state index in [-0.39, 0.29) is 11.3 Å². The highest BCUT2D eigenvalue weighted by atomic mass is 19.1. The molecule has 4 heteroatoms. The first-order chi connectivity index (χ1) is 8.99. The van der Waals surface area contributed by atoms with Gasteiger partial charge in [-0.05, 0) is 43.2 Å². The molecule has 0 spiro atoms. The molecule has 0 aliphatic heterocycles. The Labute approximate surface area is 111 Å². The van der Waals surface area contributed by atoms with Crippen LogP contribution in [-0.2, 0) is 0 Å². The Morgan fingerprint density at radius 3 is 2.42 bits per heavy atom. The lowest BCUT2D eigenvalue weighted by Gasteiger charge is -2.12. The third-order valence-corrected chi connectivity index (χ3v) is 2.98. The molecule has 0 bridgehead atoms. The number of nitrogens with one attached hydrogen (secondary N) is 1. The number of rotatable bonds is 2. The molecule has 19 heavy (non-hydrogen) atoms. The number of hydrogen-bond acceptors (Lipinski definition) is 2. The smallest absolute Gasteiger partial charge is 0.257 e. The van der Waals surface area contributed by atoms with Gasteiger partial charge in [0, 0.05) is 11.4 Å². The number of nitrogens with two attached hydrogens (primary N) is 1. The number of halogens is 1. The third-order valence-electron chi connectivity index (χ3n) is 2.98. The zero-order chi connectivity index (χ0) is 14.0. The van der Waals surface area contributed by atoms with Crippen LogP contribution in [0.5, 0.6) is 0 Å². The highest BCUT2D eigenvalue weighted by molar-refractivity contribution is 6.08. The van der Waals surface area contributed by atoms with E-state index in [1.165, 1.54) is 12.1 Å². The molecule has 0 unspecified atom stereocenters. The predicted molar refractivity (Wildman–Crippen MR) is 74.7 cm³/mol. The molecule has 0 heterocycles. The largest absolute Gasteiger partial charge is 0.398 e. The number of para-hydroxylation sites is 1. The molecule has 0 radical (unpaired) electrons. The van der Waals surface area contributed by atoms with Crippen molar-refractivity contribution in [1.82, 2.24) is 0 Å². The second-order valence-electron chi connectivity index (χ2n) is 4.45. The van der Waals surface area contributed by atoms with Crippen LogP contribution in [0.2, 0.25) is 0 Å². The summed E-state index contributed by atoms with van der Waals surface area (Å²) in [4.78, 5) is 12.1. The molecule has 2 aromatic rings. The first-order valence-electron chi connectivity index (χ1n) is 5.91. The second-order valence-corrected chi connectivity index (χ2v) is 4.45. The summed E-state index contributed by atoms with van der Waals surface area (Å²) in [5.41, 5.74) is 8.72. The summed E-state index contributed by atoms with van der Waals surface area (Å²) in [6.07, 6.45) is 0. The molecule has 0 aromatic heterocycles. The van der Waals surface area contributed by atoms with Crippen LogP contribution in [0.25, 0.3) is 0 Å². The molecule has 1 amide bonds. The van der Waals surface area contributed by atoms with E-state index < -0.39 is 11.7 Å². The molecule has 98 valence electrons. The number of benzene rings is 2. The Balaban J connectivity index is 2.34. The van der Waals surface area contributed by atoms with Crippen LogP contribution >= 0.6 is 0 Å². The van der Waals surface area contributed by atoms with Crippen LogP contribution < -0.4 is 11.1 Å². The van der Waals surface area contributed by atoms with Crippen LogP contribution in [-0.4, -0.2) is 5.91 Å². The first kappa shape index (κ1) is 13.1. The Morgan fingerprint density at radius 2 is 1.79 bits per heavy atom. The number of aryl methyl sites for hydroxylation is 2. The predicted octanol–water partition coefficient (Wildman–Crippen LogP) is 3.28. The number of carbonyl (C=O) groups excluding carboxylic acids is 1. The molecule has 0 saturated heterocycles. The minimum absolute atomic E-state index is 0.141.